The maximum absolute atomic E-state index is 15.8. The quantitative estimate of drug-likeness (QED) is 0.0806. The van der Waals surface area contributed by atoms with Crippen LogP contribution in [0.4, 0.5) is 15.9 Å². The molecule has 1 saturated carbocycles. The monoisotopic (exact) mass is 936 g/mol. The number of nitro benzene ring substituents is 1. The van der Waals surface area contributed by atoms with Gasteiger partial charge in [0, 0.05) is 55.9 Å². The lowest BCUT2D eigenvalue weighted by atomic mass is 9.60. The summed E-state index contributed by atoms with van der Waals surface area (Å²) in [5, 5.41) is 12.9. The summed E-state index contributed by atoms with van der Waals surface area (Å²) < 4.78 is 62.4. The van der Waals surface area contributed by atoms with Gasteiger partial charge in [-0.05, 0) is 117 Å². The first-order chi connectivity index (χ1) is 32.3. The highest BCUT2D eigenvalue weighted by atomic mass is 32.2. The van der Waals surface area contributed by atoms with Crippen LogP contribution in [-0.4, -0.2) is 114 Å². The number of nitro groups is 1. The van der Waals surface area contributed by atoms with Crippen molar-refractivity contribution in [2.45, 2.75) is 99.8 Å². The number of H-pyrrole nitrogens is 1. The molecule has 0 bridgehead atoms. The number of rotatable bonds is 14. The van der Waals surface area contributed by atoms with Crippen LogP contribution in [-0.2, 0) is 14.8 Å². The highest BCUT2D eigenvalue weighted by molar-refractivity contribution is 7.90. The van der Waals surface area contributed by atoms with E-state index in [2.05, 4.69) is 67.5 Å². The van der Waals surface area contributed by atoms with E-state index in [4.69, 9.17) is 19.2 Å². The number of piperidine rings is 2. The number of fused-ring (bicyclic) bond motifs is 1. The van der Waals surface area contributed by atoms with Crippen molar-refractivity contribution in [3.05, 3.63) is 106 Å². The summed E-state index contributed by atoms with van der Waals surface area (Å²) in [4.78, 5) is 44.2. The van der Waals surface area contributed by atoms with Gasteiger partial charge in [0.2, 0.25) is 5.88 Å². The van der Waals surface area contributed by atoms with Crippen LogP contribution < -0.4 is 19.1 Å². The van der Waals surface area contributed by atoms with Crippen LogP contribution in [0.3, 0.4) is 0 Å². The molecule has 2 N–H and O–H groups in total. The maximum Gasteiger partial charge on any atom is 0.312 e. The number of amides is 1. The van der Waals surface area contributed by atoms with Crippen molar-refractivity contribution in [1.82, 2.24) is 29.5 Å². The number of nitrogens with one attached hydrogen (secondary N) is 2. The molecule has 5 aliphatic rings. The number of anilines is 1. The minimum absolute atomic E-state index is 0.130. The third-order valence-electron chi connectivity index (χ3n) is 14.9. The molecule has 3 aromatic heterocycles. The van der Waals surface area contributed by atoms with Gasteiger partial charge in [0.15, 0.2) is 5.75 Å². The zero-order valence-corrected chi connectivity index (χ0v) is 38.7. The lowest BCUT2D eigenvalue weighted by Crippen LogP contribution is -2.55. The molecule has 1 atom stereocenters. The summed E-state index contributed by atoms with van der Waals surface area (Å²) in [6.07, 6.45) is 10.3. The van der Waals surface area contributed by atoms with Gasteiger partial charge in [-0.1, -0.05) is 38.1 Å². The van der Waals surface area contributed by atoms with Gasteiger partial charge in [-0.15, -0.1) is 0 Å². The van der Waals surface area contributed by atoms with E-state index < -0.39 is 43.7 Å². The number of alkyl halides is 1. The van der Waals surface area contributed by atoms with Crippen LogP contribution in [0.15, 0.2) is 84.0 Å². The molecule has 1 aliphatic carbocycles. The number of carbonyl (C=O) groups excluding carboxylic acids is 1. The Bertz CT molecular complexity index is 2760. The predicted molar refractivity (Wildman–Crippen MR) is 249 cm³/mol. The van der Waals surface area contributed by atoms with Crippen molar-refractivity contribution < 1.29 is 36.7 Å². The summed E-state index contributed by atoms with van der Waals surface area (Å²) in [5.41, 5.74) is 1.25. The fourth-order valence-corrected chi connectivity index (χ4v) is 11.9. The summed E-state index contributed by atoms with van der Waals surface area (Å²) in [6.45, 7) is 9.01. The normalized spacial score (nSPS) is 21.3. The van der Waals surface area contributed by atoms with Crippen molar-refractivity contribution in [3.8, 4) is 17.4 Å². The molecule has 354 valence electrons. The molecule has 1 unspecified atom stereocenters. The Morgan fingerprint density at radius 3 is 2.51 bits per heavy atom. The van der Waals surface area contributed by atoms with Gasteiger partial charge in [0.1, 0.15) is 35.1 Å². The molecule has 10 rings (SSSR count). The van der Waals surface area contributed by atoms with Gasteiger partial charge in [-0.2, -0.15) is 4.98 Å². The zero-order chi connectivity index (χ0) is 46.5. The molecular formula is C49H57FN8O8S. The average molecular weight is 937 g/mol. The molecular weight excluding hydrogens is 880 g/mol. The second-order valence-electron chi connectivity index (χ2n) is 19.4. The standard InChI is InChI=1S/C49H57FN8O8S/c1-32(2)38-6-3-4-7-39(38)41-8-5-19-57(41)34-26-48(27-34)14-20-56(21-15-48)44-12-10-40(47(53-44)66-36-24-33-13-18-51-45(33)52-28-36)46(59)54-67(62,63)37-9-11-43(42(25-37)58(60)61)65-31-49(50)16-22-55(23-17-49)35-29-64-30-35/h3-4,6-7,9-13,18,24-25,28,32,34-35,41H,5,8,14-17,19-23,26-27,29-31H2,1-2H3,(H,51,52)(H,54,59). The number of aromatic amines is 1. The summed E-state index contributed by atoms with van der Waals surface area (Å²) in [6, 6.07) is 19.9. The van der Waals surface area contributed by atoms with Crippen LogP contribution in [0.5, 0.6) is 17.4 Å². The maximum atomic E-state index is 15.8. The van der Waals surface area contributed by atoms with Crippen LogP contribution in [0, 0.1) is 15.5 Å². The Morgan fingerprint density at radius 1 is 1.00 bits per heavy atom. The van der Waals surface area contributed by atoms with Crippen LogP contribution in [0.2, 0.25) is 0 Å². The molecule has 2 aromatic carbocycles. The molecule has 7 heterocycles. The van der Waals surface area contributed by atoms with E-state index >= 15 is 4.39 Å². The lowest BCUT2D eigenvalue weighted by Gasteiger charge is -2.56. The second-order valence-corrected chi connectivity index (χ2v) is 21.1. The van der Waals surface area contributed by atoms with Crippen molar-refractivity contribution in [2.24, 2.45) is 5.41 Å². The Labute approximate surface area is 389 Å². The van der Waals surface area contributed by atoms with Gasteiger partial charge in [0.05, 0.1) is 35.3 Å². The van der Waals surface area contributed by atoms with Crippen LogP contribution in [0.25, 0.3) is 11.0 Å². The van der Waals surface area contributed by atoms with E-state index in [1.54, 1.807) is 18.3 Å². The molecule has 4 aliphatic heterocycles. The Kier molecular flexibility index (Phi) is 12.2. The predicted octanol–water partition coefficient (Wildman–Crippen LogP) is 8.07. The van der Waals surface area contributed by atoms with Crippen molar-refractivity contribution in [2.75, 3.05) is 57.4 Å². The fraction of sp³-hybridized carbons (Fsp3) is 0.490. The summed E-state index contributed by atoms with van der Waals surface area (Å²) in [5.74, 6) is -0.124. The third kappa shape index (κ3) is 9.20. The molecule has 0 radical (unpaired) electrons. The van der Waals surface area contributed by atoms with E-state index in [1.165, 1.54) is 49.1 Å². The van der Waals surface area contributed by atoms with E-state index in [0.717, 1.165) is 56.1 Å². The minimum Gasteiger partial charge on any atom is -0.483 e. The lowest BCUT2D eigenvalue weighted by molar-refractivity contribution is -0.386. The van der Waals surface area contributed by atoms with E-state index in [1.807, 2.05) is 6.07 Å². The molecule has 5 aromatic rings. The number of halogens is 1. The molecule has 16 nitrogen and oxygen atoms in total. The van der Waals surface area contributed by atoms with Crippen molar-refractivity contribution in [3.63, 3.8) is 0 Å². The van der Waals surface area contributed by atoms with Gasteiger partial charge < -0.3 is 24.1 Å². The molecule has 5 fully saturated rings. The first-order valence-corrected chi connectivity index (χ1v) is 24.9. The first-order valence-electron chi connectivity index (χ1n) is 23.5. The van der Waals surface area contributed by atoms with Gasteiger partial charge in [-0.25, -0.2) is 22.5 Å². The largest absolute Gasteiger partial charge is 0.483 e. The summed E-state index contributed by atoms with van der Waals surface area (Å²) in [7, 11) is -4.69. The topological polar surface area (TPSA) is 185 Å². The third-order valence-corrected chi connectivity index (χ3v) is 16.2. The number of hydrogen-bond acceptors (Lipinski definition) is 13. The number of benzene rings is 2. The first kappa shape index (κ1) is 45.1. The zero-order valence-electron chi connectivity index (χ0n) is 37.9. The molecule has 67 heavy (non-hydrogen) atoms. The molecule has 4 saturated heterocycles. The number of sulfonamides is 1. The number of likely N-dealkylation sites (tertiary alicyclic amines) is 2. The molecule has 18 heteroatoms. The van der Waals surface area contributed by atoms with Crippen molar-refractivity contribution >= 4 is 38.5 Å². The minimum atomic E-state index is -4.69. The molecule has 1 spiro atoms. The average Bonchev–Trinajstić information content (AvgIpc) is 3.98. The number of nitrogens with zero attached hydrogens (tertiary/aromatic N) is 6. The van der Waals surface area contributed by atoms with Gasteiger partial charge in [0.25, 0.3) is 15.9 Å². The number of carbonyl (C=O) groups is 1. The summed E-state index contributed by atoms with van der Waals surface area (Å²) >= 11 is 0. The number of hydrogen-bond donors (Lipinski definition) is 2. The SMILES string of the molecule is CC(C)c1ccccc1C1CCCN1C1CC2(CCN(c3ccc(C(=O)NS(=O)(=O)c4ccc(OCC5(F)CCN(C6COC6)CC5)c([N+](=O)[O-])c4)c(Oc4cnc5[nH]ccc5c4)n3)CC2)C1. The van der Waals surface area contributed by atoms with Gasteiger partial charge >= 0.3 is 5.69 Å². The van der Waals surface area contributed by atoms with E-state index in [-0.39, 0.29) is 47.2 Å². The highest BCUT2D eigenvalue weighted by Crippen LogP contribution is 2.54. The van der Waals surface area contributed by atoms with E-state index in [0.29, 0.717) is 55.8 Å². The molecule has 1 amide bonds. The Balaban J connectivity index is 0.825. The van der Waals surface area contributed by atoms with Crippen LogP contribution in [0.1, 0.15) is 98.7 Å². The van der Waals surface area contributed by atoms with Crippen LogP contribution >= 0.6 is 0 Å². The fourth-order valence-electron chi connectivity index (χ4n) is 10.9. The smallest absolute Gasteiger partial charge is 0.312 e. The number of aromatic nitrogens is 3. The Morgan fingerprint density at radius 2 is 1.78 bits per heavy atom. The highest BCUT2D eigenvalue weighted by Gasteiger charge is 2.50. The van der Waals surface area contributed by atoms with Crippen molar-refractivity contribution in [1.29, 1.82) is 0 Å². The number of ether oxygens (including phenoxy) is 3. The van der Waals surface area contributed by atoms with Gasteiger partial charge in [-0.3, -0.25) is 24.7 Å². The van der Waals surface area contributed by atoms with E-state index in [9.17, 15) is 23.3 Å². The second kappa shape index (κ2) is 18.1. The number of pyridine rings is 2. The Hall–Kier alpha value is -5.69.